The van der Waals surface area contributed by atoms with Crippen molar-refractivity contribution in [3.8, 4) is 0 Å². The van der Waals surface area contributed by atoms with Gasteiger partial charge in [0.15, 0.2) is 5.78 Å². The van der Waals surface area contributed by atoms with Crippen LogP contribution in [0.25, 0.3) is 0 Å². The summed E-state index contributed by atoms with van der Waals surface area (Å²) in [7, 11) is 0. The van der Waals surface area contributed by atoms with Crippen molar-refractivity contribution in [2.45, 2.75) is 30.1 Å². The van der Waals surface area contributed by atoms with Crippen LogP contribution >= 0.6 is 11.8 Å². The molecular weight excluding hydrogens is 198 g/mol. The van der Waals surface area contributed by atoms with Gasteiger partial charge in [-0.2, -0.15) is 0 Å². The zero-order chi connectivity index (χ0) is 10.2. The van der Waals surface area contributed by atoms with E-state index in [1.54, 1.807) is 11.8 Å². The number of carbonyl (C=O) groups is 2. The average Bonchev–Trinajstić information content (AvgIpc) is 2.68. The molecule has 2 aliphatic rings. The van der Waals surface area contributed by atoms with E-state index in [1.807, 2.05) is 0 Å². The monoisotopic (exact) mass is 211 g/mol. The van der Waals surface area contributed by atoms with Crippen LogP contribution < -0.4 is 5.32 Å². The SMILES string of the molecule is C=CC(=O)NC12CCCC1SCC2=O. The lowest BCUT2D eigenvalue weighted by atomic mass is 9.93. The minimum atomic E-state index is -0.560. The van der Waals surface area contributed by atoms with Crippen LogP contribution in [0.3, 0.4) is 0 Å². The van der Waals surface area contributed by atoms with Crippen molar-refractivity contribution in [3.05, 3.63) is 12.7 Å². The summed E-state index contributed by atoms with van der Waals surface area (Å²) in [5.41, 5.74) is -0.560. The van der Waals surface area contributed by atoms with Gasteiger partial charge in [-0.05, 0) is 25.3 Å². The van der Waals surface area contributed by atoms with E-state index in [0.717, 1.165) is 19.3 Å². The largest absolute Gasteiger partial charge is 0.339 e. The van der Waals surface area contributed by atoms with Gasteiger partial charge in [0.25, 0.3) is 0 Å². The van der Waals surface area contributed by atoms with E-state index < -0.39 is 5.54 Å². The van der Waals surface area contributed by atoms with Crippen molar-refractivity contribution in [1.82, 2.24) is 5.32 Å². The van der Waals surface area contributed by atoms with Crippen molar-refractivity contribution in [2.75, 3.05) is 5.75 Å². The lowest BCUT2D eigenvalue weighted by molar-refractivity contribution is -0.127. The fourth-order valence-corrected chi connectivity index (χ4v) is 3.84. The van der Waals surface area contributed by atoms with Crippen LogP contribution in [0.2, 0.25) is 0 Å². The van der Waals surface area contributed by atoms with Gasteiger partial charge >= 0.3 is 0 Å². The number of thioether (sulfide) groups is 1. The molecule has 14 heavy (non-hydrogen) atoms. The Kier molecular flexibility index (Phi) is 2.39. The van der Waals surface area contributed by atoms with Gasteiger partial charge in [-0.25, -0.2) is 0 Å². The number of Topliss-reactive ketones (excluding diaryl/α,β-unsaturated/α-hetero) is 1. The number of amides is 1. The summed E-state index contributed by atoms with van der Waals surface area (Å²) >= 11 is 1.67. The van der Waals surface area contributed by atoms with Crippen LogP contribution in [0.1, 0.15) is 19.3 Å². The zero-order valence-electron chi connectivity index (χ0n) is 7.91. The van der Waals surface area contributed by atoms with Gasteiger partial charge in [-0.1, -0.05) is 6.58 Å². The van der Waals surface area contributed by atoms with Crippen molar-refractivity contribution in [2.24, 2.45) is 0 Å². The molecule has 0 aromatic rings. The summed E-state index contributed by atoms with van der Waals surface area (Å²) in [4.78, 5) is 23.0. The third-order valence-electron chi connectivity index (χ3n) is 3.03. The van der Waals surface area contributed by atoms with E-state index in [1.165, 1.54) is 6.08 Å². The summed E-state index contributed by atoms with van der Waals surface area (Å²) in [6.45, 7) is 3.41. The van der Waals surface area contributed by atoms with Crippen LogP contribution in [0.4, 0.5) is 0 Å². The molecule has 0 aromatic carbocycles. The van der Waals surface area contributed by atoms with Crippen LogP contribution in [-0.2, 0) is 9.59 Å². The highest BCUT2D eigenvalue weighted by molar-refractivity contribution is 8.01. The summed E-state index contributed by atoms with van der Waals surface area (Å²) in [5.74, 6) is 0.496. The molecule has 76 valence electrons. The predicted molar refractivity (Wildman–Crippen MR) is 56.2 cm³/mol. The molecule has 1 saturated heterocycles. The topological polar surface area (TPSA) is 46.2 Å². The standard InChI is InChI=1S/C10H13NO2S/c1-2-9(13)11-10-5-3-4-8(10)14-6-7(10)12/h2,8H,1,3-6H2,(H,11,13). The number of ketones is 1. The summed E-state index contributed by atoms with van der Waals surface area (Å²) in [6, 6.07) is 0. The molecule has 0 radical (unpaired) electrons. The number of hydrogen-bond donors (Lipinski definition) is 1. The molecule has 0 bridgehead atoms. The highest BCUT2D eigenvalue weighted by atomic mass is 32.2. The van der Waals surface area contributed by atoms with E-state index in [0.29, 0.717) is 11.0 Å². The highest BCUT2D eigenvalue weighted by Gasteiger charge is 2.53. The van der Waals surface area contributed by atoms with Gasteiger partial charge in [0, 0.05) is 5.25 Å². The van der Waals surface area contributed by atoms with Gasteiger partial charge < -0.3 is 5.32 Å². The first kappa shape index (κ1) is 9.77. The fraction of sp³-hybridized carbons (Fsp3) is 0.600. The third-order valence-corrected chi connectivity index (χ3v) is 4.50. The van der Waals surface area contributed by atoms with Crippen LogP contribution in [0, 0.1) is 0 Å². The molecule has 0 aromatic heterocycles. The highest BCUT2D eigenvalue weighted by Crippen LogP contribution is 2.44. The molecule has 3 nitrogen and oxygen atoms in total. The van der Waals surface area contributed by atoms with Crippen molar-refractivity contribution < 1.29 is 9.59 Å². The van der Waals surface area contributed by atoms with Gasteiger partial charge in [-0.3, -0.25) is 9.59 Å². The van der Waals surface area contributed by atoms with Gasteiger partial charge in [0.2, 0.25) is 5.91 Å². The Morgan fingerprint density at radius 1 is 1.71 bits per heavy atom. The van der Waals surface area contributed by atoms with E-state index in [4.69, 9.17) is 0 Å². The van der Waals surface area contributed by atoms with E-state index in [-0.39, 0.29) is 11.7 Å². The molecule has 1 N–H and O–H groups in total. The second-order valence-electron chi connectivity index (χ2n) is 3.78. The lowest BCUT2D eigenvalue weighted by Crippen LogP contribution is -2.55. The Balaban J connectivity index is 2.22. The van der Waals surface area contributed by atoms with Gasteiger partial charge in [-0.15, -0.1) is 11.8 Å². The maximum Gasteiger partial charge on any atom is 0.244 e. The number of rotatable bonds is 2. The molecule has 2 rings (SSSR count). The number of fused-ring (bicyclic) bond motifs is 1. The first-order chi connectivity index (χ1) is 6.69. The molecule has 1 saturated carbocycles. The molecule has 2 fully saturated rings. The summed E-state index contributed by atoms with van der Waals surface area (Å²) in [5, 5.41) is 3.12. The van der Waals surface area contributed by atoms with Gasteiger partial charge in [0.05, 0.1) is 5.75 Å². The second-order valence-corrected chi connectivity index (χ2v) is 4.97. The van der Waals surface area contributed by atoms with Crippen LogP contribution in [0.5, 0.6) is 0 Å². The Labute approximate surface area is 87.3 Å². The summed E-state index contributed by atoms with van der Waals surface area (Å²) < 4.78 is 0. The first-order valence-electron chi connectivity index (χ1n) is 4.78. The van der Waals surface area contributed by atoms with Crippen LogP contribution in [-0.4, -0.2) is 28.2 Å². The van der Waals surface area contributed by atoms with Crippen molar-refractivity contribution >= 4 is 23.5 Å². The Morgan fingerprint density at radius 2 is 2.50 bits per heavy atom. The molecule has 1 aliphatic heterocycles. The smallest absolute Gasteiger partial charge is 0.244 e. The van der Waals surface area contributed by atoms with Gasteiger partial charge in [0.1, 0.15) is 5.54 Å². The minimum Gasteiger partial charge on any atom is -0.339 e. The normalized spacial score (nSPS) is 35.4. The van der Waals surface area contributed by atoms with Crippen LogP contribution in [0.15, 0.2) is 12.7 Å². The van der Waals surface area contributed by atoms with E-state index >= 15 is 0 Å². The Hall–Kier alpha value is -0.770. The predicted octanol–water partition coefficient (Wildman–Crippen LogP) is 0.896. The maximum atomic E-state index is 11.8. The third kappa shape index (κ3) is 1.29. The maximum absolute atomic E-state index is 11.8. The number of carbonyl (C=O) groups excluding carboxylic acids is 2. The molecule has 0 spiro atoms. The minimum absolute atomic E-state index is 0.181. The molecule has 1 aliphatic carbocycles. The fourth-order valence-electron chi connectivity index (χ4n) is 2.31. The average molecular weight is 211 g/mol. The molecule has 4 heteroatoms. The molecule has 2 atom stereocenters. The lowest BCUT2D eigenvalue weighted by Gasteiger charge is -2.27. The van der Waals surface area contributed by atoms with E-state index in [9.17, 15) is 9.59 Å². The molecular formula is C10H13NO2S. The zero-order valence-corrected chi connectivity index (χ0v) is 8.73. The number of nitrogens with one attached hydrogen (secondary N) is 1. The Bertz CT molecular complexity index is 302. The first-order valence-corrected chi connectivity index (χ1v) is 5.83. The molecule has 1 heterocycles. The summed E-state index contributed by atoms with van der Waals surface area (Å²) in [6.07, 6.45) is 4.10. The Morgan fingerprint density at radius 3 is 3.21 bits per heavy atom. The van der Waals surface area contributed by atoms with E-state index in [2.05, 4.69) is 11.9 Å². The number of hydrogen-bond acceptors (Lipinski definition) is 3. The van der Waals surface area contributed by atoms with Crippen molar-refractivity contribution in [3.63, 3.8) is 0 Å². The molecule has 1 amide bonds. The molecule has 2 unspecified atom stereocenters. The van der Waals surface area contributed by atoms with Crippen molar-refractivity contribution in [1.29, 1.82) is 0 Å². The second kappa shape index (κ2) is 3.42. The quantitative estimate of drug-likeness (QED) is 0.690.